The summed E-state index contributed by atoms with van der Waals surface area (Å²) in [5, 5.41) is 3.92. The number of sulfonamides is 1. The van der Waals surface area contributed by atoms with Gasteiger partial charge in [0, 0.05) is 17.1 Å². The van der Waals surface area contributed by atoms with Crippen LogP contribution in [0.4, 0.5) is 0 Å². The SMILES string of the molecule is CN(Cc1nc(-c2cccc(Br)c2)no1)S(=O)(=O)Cc1ccccc1. The van der Waals surface area contributed by atoms with Crippen molar-refractivity contribution >= 4 is 26.0 Å². The molecule has 3 rings (SSSR count). The molecule has 3 aromatic rings. The smallest absolute Gasteiger partial charge is 0.242 e. The van der Waals surface area contributed by atoms with E-state index in [1.807, 2.05) is 42.5 Å². The normalized spacial score (nSPS) is 11.8. The van der Waals surface area contributed by atoms with Crippen LogP contribution >= 0.6 is 15.9 Å². The summed E-state index contributed by atoms with van der Waals surface area (Å²) >= 11 is 3.39. The molecular formula is C17H16BrN3O3S. The summed E-state index contributed by atoms with van der Waals surface area (Å²) in [5.74, 6) is 0.594. The van der Waals surface area contributed by atoms with Crippen LogP contribution in [0.5, 0.6) is 0 Å². The molecule has 0 amide bonds. The van der Waals surface area contributed by atoms with Crippen molar-refractivity contribution in [2.24, 2.45) is 0 Å². The third-order valence-electron chi connectivity index (χ3n) is 3.58. The lowest BCUT2D eigenvalue weighted by molar-refractivity contribution is 0.336. The predicted molar refractivity (Wildman–Crippen MR) is 98.0 cm³/mol. The number of halogens is 1. The zero-order chi connectivity index (χ0) is 17.9. The van der Waals surface area contributed by atoms with E-state index >= 15 is 0 Å². The van der Waals surface area contributed by atoms with Gasteiger partial charge in [-0.25, -0.2) is 8.42 Å². The number of hydrogen-bond acceptors (Lipinski definition) is 5. The summed E-state index contributed by atoms with van der Waals surface area (Å²) < 4.78 is 32.2. The van der Waals surface area contributed by atoms with Crippen LogP contribution in [-0.4, -0.2) is 29.9 Å². The molecule has 2 aromatic carbocycles. The van der Waals surface area contributed by atoms with E-state index in [-0.39, 0.29) is 18.2 Å². The van der Waals surface area contributed by atoms with Gasteiger partial charge in [0.1, 0.15) is 0 Å². The molecule has 0 atom stereocenters. The van der Waals surface area contributed by atoms with E-state index in [0.29, 0.717) is 5.82 Å². The van der Waals surface area contributed by atoms with Gasteiger partial charge >= 0.3 is 0 Å². The summed E-state index contributed by atoms with van der Waals surface area (Å²) in [6.07, 6.45) is 0. The summed E-state index contributed by atoms with van der Waals surface area (Å²) in [6.45, 7) is 0.0240. The standard InChI is InChI=1S/C17H16BrN3O3S/c1-21(25(22,23)12-13-6-3-2-4-7-13)11-16-19-17(20-24-16)14-8-5-9-15(18)10-14/h2-10H,11-12H2,1H3. The average Bonchev–Trinajstić information content (AvgIpc) is 3.04. The van der Waals surface area contributed by atoms with Gasteiger partial charge in [0.2, 0.25) is 21.7 Å². The lowest BCUT2D eigenvalue weighted by Crippen LogP contribution is -2.27. The van der Waals surface area contributed by atoms with Crippen LogP contribution in [0.1, 0.15) is 11.5 Å². The molecule has 0 aliphatic heterocycles. The number of rotatable bonds is 6. The highest BCUT2D eigenvalue weighted by Gasteiger charge is 2.21. The Morgan fingerprint density at radius 3 is 2.60 bits per heavy atom. The molecule has 1 aromatic heterocycles. The topological polar surface area (TPSA) is 76.3 Å². The van der Waals surface area contributed by atoms with Crippen LogP contribution in [0.15, 0.2) is 63.6 Å². The fourth-order valence-electron chi connectivity index (χ4n) is 2.25. The summed E-state index contributed by atoms with van der Waals surface area (Å²) in [6, 6.07) is 16.5. The minimum atomic E-state index is -3.48. The van der Waals surface area contributed by atoms with E-state index in [1.165, 1.54) is 11.4 Å². The van der Waals surface area contributed by atoms with Gasteiger partial charge in [-0.3, -0.25) is 0 Å². The molecule has 0 fully saturated rings. The van der Waals surface area contributed by atoms with Crippen molar-refractivity contribution < 1.29 is 12.9 Å². The molecule has 25 heavy (non-hydrogen) atoms. The first kappa shape index (κ1) is 17.8. The second-order valence-corrected chi connectivity index (χ2v) is 8.51. The molecule has 0 saturated heterocycles. The summed E-state index contributed by atoms with van der Waals surface area (Å²) in [7, 11) is -1.97. The van der Waals surface area contributed by atoms with E-state index in [1.54, 1.807) is 12.1 Å². The Morgan fingerprint density at radius 1 is 1.12 bits per heavy atom. The lowest BCUT2D eigenvalue weighted by Gasteiger charge is -2.14. The molecule has 6 nitrogen and oxygen atoms in total. The molecule has 130 valence electrons. The van der Waals surface area contributed by atoms with Gasteiger partial charge in [-0.15, -0.1) is 0 Å². The molecule has 0 N–H and O–H groups in total. The molecule has 0 aliphatic rings. The molecule has 8 heteroatoms. The Kier molecular flexibility index (Phi) is 5.31. The number of hydrogen-bond donors (Lipinski definition) is 0. The number of nitrogens with zero attached hydrogens (tertiary/aromatic N) is 3. The van der Waals surface area contributed by atoms with Gasteiger partial charge in [0.15, 0.2) is 0 Å². The van der Waals surface area contributed by atoms with Crippen LogP contribution in [0.25, 0.3) is 11.4 Å². The zero-order valence-electron chi connectivity index (χ0n) is 13.5. The zero-order valence-corrected chi connectivity index (χ0v) is 15.9. The van der Waals surface area contributed by atoms with Crippen LogP contribution in [0.2, 0.25) is 0 Å². The molecule has 0 radical (unpaired) electrons. The van der Waals surface area contributed by atoms with Crippen molar-refractivity contribution in [3.63, 3.8) is 0 Å². The second-order valence-electron chi connectivity index (χ2n) is 5.52. The maximum atomic E-state index is 12.5. The highest BCUT2D eigenvalue weighted by molar-refractivity contribution is 9.10. The maximum absolute atomic E-state index is 12.5. The summed E-state index contributed by atoms with van der Waals surface area (Å²) in [5.41, 5.74) is 1.52. The molecular weight excluding hydrogens is 406 g/mol. The Hall–Kier alpha value is -2.03. The summed E-state index contributed by atoms with van der Waals surface area (Å²) in [4.78, 5) is 4.28. The van der Waals surface area contributed by atoms with Crippen LogP contribution < -0.4 is 0 Å². The quantitative estimate of drug-likeness (QED) is 0.608. The Labute approximate surface area is 154 Å². The van der Waals surface area contributed by atoms with Gasteiger partial charge < -0.3 is 4.52 Å². The third-order valence-corrected chi connectivity index (χ3v) is 5.85. The van der Waals surface area contributed by atoms with Crippen LogP contribution in [0, 0.1) is 0 Å². The first-order valence-corrected chi connectivity index (χ1v) is 9.91. The maximum Gasteiger partial charge on any atom is 0.242 e. The van der Waals surface area contributed by atoms with E-state index in [2.05, 4.69) is 26.1 Å². The molecule has 0 aliphatic carbocycles. The Balaban J connectivity index is 1.72. The van der Waals surface area contributed by atoms with E-state index in [9.17, 15) is 8.42 Å². The first-order chi connectivity index (χ1) is 11.9. The molecule has 0 bridgehead atoms. The van der Waals surface area contributed by atoms with Gasteiger partial charge in [-0.05, 0) is 17.7 Å². The monoisotopic (exact) mass is 421 g/mol. The van der Waals surface area contributed by atoms with Crippen molar-refractivity contribution in [2.75, 3.05) is 7.05 Å². The van der Waals surface area contributed by atoms with Crippen molar-refractivity contribution in [3.05, 3.63) is 70.5 Å². The van der Waals surface area contributed by atoms with E-state index in [4.69, 9.17) is 4.52 Å². The number of benzene rings is 2. The van der Waals surface area contributed by atoms with Crippen molar-refractivity contribution in [2.45, 2.75) is 12.3 Å². The highest BCUT2D eigenvalue weighted by Crippen LogP contribution is 2.21. The molecule has 1 heterocycles. The van der Waals surface area contributed by atoms with Crippen molar-refractivity contribution in [1.82, 2.24) is 14.4 Å². The average molecular weight is 422 g/mol. The van der Waals surface area contributed by atoms with Gasteiger partial charge in [-0.1, -0.05) is 63.6 Å². The number of aromatic nitrogens is 2. The predicted octanol–water partition coefficient (Wildman–Crippen LogP) is 3.46. The van der Waals surface area contributed by atoms with Gasteiger partial charge in [0.25, 0.3) is 0 Å². The van der Waals surface area contributed by atoms with Crippen LogP contribution in [-0.2, 0) is 22.3 Å². The minimum Gasteiger partial charge on any atom is -0.338 e. The molecule has 0 saturated carbocycles. The van der Waals surface area contributed by atoms with Crippen molar-refractivity contribution in [1.29, 1.82) is 0 Å². The van der Waals surface area contributed by atoms with Crippen LogP contribution in [0.3, 0.4) is 0 Å². The minimum absolute atomic E-state index is 0.0240. The van der Waals surface area contributed by atoms with Gasteiger partial charge in [-0.2, -0.15) is 9.29 Å². The van der Waals surface area contributed by atoms with Crippen molar-refractivity contribution in [3.8, 4) is 11.4 Å². The second kappa shape index (κ2) is 7.47. The van der Waals surface area contributed by atoms with Gasteiger partial charge in [0.05, 0.1) is 12.3 Å². The Bertz CT molecular complexity index is 958. The van der Waals surface area contributed by atoms with E-state index < -0.39 is 10.0 Å². The molecule has 0 unspecified atom stereocenters. The fourth-order valence-corrected chi connectivity index (χ4v) is 3.79. The van der Waals surface area contributed by atoms with E-state index in [0.717, 1.165) is 15.6 Å². The lowest BCUT2D eigenvalue weighted by atomic mass is 10.2. The highest BCUT2D eigenvalue weighted by atomic mass is 79.9. The third kappa shape index (κ3) is 4.53. The molecule has 0 spiro atoms. The Morgan fingerprint density at radius 2 is 1.88 bits per heavy atom. The largest absolute Gasteiger partial charge is 0.338 e. The first-order valence-electron chi connectivity index (χ1n) is 7.50. The fraction of sp³-hybridized carbons (Fsp3) is 0.176.